The zero-order chi connectivity index (χ0) is 17.9. The monoisotopic (exact) mass is 346 g/mol. The zero-order valence-electron chi connectivity index (χ0n) is 14.7. The third kappa shape index (κ3) is 4.02. The van der Waals surface area contributed by atoms with E-state index in [9.17, 15) is 14.7 Å². The second-order valence-corrected chi connectivity index (χ2v) is 7.03. The predicted octanol–water partition coefficient (Wildman–Crippen LogP) is 0.750. The number of rotatable bonds is 5. The Kier molecular flexibility index (Phi) is 5.39. The van der Waals surface area contributed by atoms with Gasteiger partial charge in [0.25, 0.3) is 0 Å². The fourth-order valence-corrected chi connectivity index (χ4v) is 3.61. The first-order valence-corrected chi connectivity index (χ1v) is 8.88. The lowest BCUT2D eigenvalue weighted by atomic mass is 9.91. The molecular weight excluding hydrogens is 320 g/mol. The molecule has 0 spiro atoms. The van der Waals surface area contributed by atoms with Crippen LogP contribution in [-0.2, 0) is 20.7 Å². The van der Waals surface area contributed by atoms with Gasteiger partial charge in [0.15, 0.2) is 0 Å². The van der Waals surface area contributed by atoms with Crippen molar-refractivity contribution in [3.8, 4) is 0 Å². The van der Waals surface area contributed by atoms with Crippen LogP contribution >= 0.6 is 0 Å². The first-order valence-electron chi connectivity index (χ1n) is 8.88. The van der Waals surface area contributed by atoms with E-state index in [1.165, 1.54) is 0 Å². The van der Waals surface area contributed by atoms with Crippen molar-refractivity contribution in [3.05, 3.63) is 35.4 Å². The topological polar surface area (TPSA) is 70.1 Å². The van der Waals surface area contributed by atoms with Crippen LogP contribution in [0.1, 0.15) is 24.0 Å². The number of aliphatic hydroxyl groups excluding tert-OH is 1. The molecule has 1 N–H and O–H groups in total. The summed E-state index contributed by atoms with van der Waals surface area (Å²) < 4.78 is 5.92. The lowest BCUT2D eigenvalue weighted by Gasteiger charge is -2.42. The molecule has 2 aliphatic heterocycles. The minimum Gasteiger partial charge on any atom is -0.393 e. The van der Waals surface area contributed by atoms with E-state index in [0.29, 0.717) is 39.1 Å². The van der Waals surface area contributed by atoms with Gasteiger partial charge < -0.3 is 19.6 Å². The highest BCUT2D eigenvalue weighted by molar-refractivity contribution is 5.86. The fourth-order valence-electron chi connectivity index (χ4n) is 3.61. The second-order valence-electron chi connectivity index (χ2n) is 7.03. The molecule has 0 saturated carbocycles. The van der Waals surface area contributed by atoms with Crippen LogP contribution in [0, 0.1) is 6.92 Å². The molecule has 2 heterocycles. The van der Waals surface area contributed by atoms with E-state index in [2.05, 4.69) is 0 Å². The number of benzene rings is 1. The van der Waals surface area contributed by atoms with E-state index in [0.717, 1.165) is 17.5 Å². The molecule has 1 aromatic rings. The molecule has 2 saturated heterocycles. The summed E-state index contributed by atoms with van der Waals surface area (Å²) in [5, 5.41) is 9.99. The van der Waals surface area contributed by atoms with E-state index in [-0.39, 0.29) is 25.0 Å². The summed E-state index contributed by atoms with van der Waals surface area (Å²) in [6, 6.07) is 8.01. The number of likely N-dealkylation sites (tertiary alicyclic amines) is 1. The van der Waals surface area contributed by atoms with Gasteiger partial charge in [-0.2, -0.15) is 0 Å². The summed E-state index contributed by atoms with van der Waals surface area (Å²) in [6.07, 6.45) is 1.91. The van der Waals surface area contributed by atoms with Crippen LogP contribution in [0.4, 0.5) is 0 Å². The van der Waals surface area contributed by atoms with Gasteiger partial charge in [-0.25, -0.2) is 0 Å². The van der Waals surface area contributed by atoms with Gasteiger partial charge in [-0.3, -0.25) is 9.59 Å². The number of aliphatic hydroxyl groups is 1. The zero-order valence-corrected chi connectivity index (χ0v) is 14.7. The number of amides is 2. The number of hydrogen-bond donors (Lipinski definition) is 1. The standard InChI is InChI=1S/C19H26N2O4/c1-15-5-2-3-6-16(15)11-19(14-22)13-21(9-10-25-19)18(24)12-20-8-4-7-17(20)23/h2-3,5-6,22H,4,7-14H2,1H3/t19-/m0/s1. The van der Waals surface area contributed by atoms with Crippen molar-refractivity contribution < 1.29 is 19.4 Å². The number of hydrogen-bond acceptors (Lipinski definition) is 4. The smallest absolute Gasteiger partial charge is 0.242 e. The van der Waals surface area contributed by atoms with E-state index in [1.807, 2.05) is 31.2 Å². The molecule has 25 heavy (non-hydrogen) atoms. The lowest BCUT2D eigenvalue weighted by molar-refractivity contribution is -0.159. The third-order valence-electron chi connectivity index (χ3n) is 5.16. The SMILES string of the molecule is Cc1ccccc1C[C@@]1(CO)CN(C(=O)CN2CCCC2=O)CCO1. The van der Waals surface area contributed by atoms with Crippen molar-refractivity contribution in [1.29, 1.82) is 0 Å². The van der Waals surface area contributed by atoms with Crippen LogP contribution in [-0.4, -0.2) is 71.7 Å². The average molecular weight is 346 g/mol. The van der Waals surface area contributed by atoms with Gasteiger partial charge in [-0.05, 0) is 24.5 Å². The van der Waals surface area contributed by atoms with Crippen LogP contribution in [0.2, 0.25) is 0 Å². The summed E-state index contributed by atoms with van der Waals surface area (Å²) in [5.41, 5.74) is 1.47. The highest BCUT2D eigenvalue weighted by atomic mass is 16.5. The maximum atomic E-state index is 12.6. The van der Waals surface area contributed by atoms with Crippen molar-refractivity contribution in [2.24, 2.45) is 0 Å². The first-order chi connectivity index (χ1) is 12.0. The summed E-state index contributed by atoms with van der Waals surface area (Å²) in [6.45, 7) is 3.91. The van der Waals surface area contributed by atoms with Crippen molar-refractivity contribution in [2.45, 2.75) is 31.8 Å². The Morgan fingerprint density at radius 1 is 1.32 bits per heavy atom. The van der Waals surface area contributed by atoms with Crippen LogP contribution < -0.4 is 0 Å². The largest absolute Gasteiger partial charge is 0.393 e. The van der Waals surface area contributed by atoms with Gasteiger partial charge in [-0.1, -0.05) is 24.3 Å². The molecule has 6 nitrogen and oxygen atoms in total. The van der Waals surface area contributed by atoms with Gasteiger partial charge in [0.1, 0.15) is 5.60 Å². The Morgan fingerprint density at radius 2 is 2.12 bits per heavy atom. The first kappa shape index (κ1) is 17.9. The molecule has 6 heteroatoms. The average Bonchev–Trinajstić information content (AvgIpc) is 3.02. The molecule has 0 unspecified atom stereocenters. The Labute approximate surface area is 148 Å². The lowest BCUT2D eigenvalue weighted by Crippen LogP contribution is -2.58. The van der Waals surface area contributed by atoms with Crippen LogP contribution in [0.3, 0.4) is 0 Å². The van der Waals surface area contributed by atoms with E-state index >= 15 is 0 Å². The minimum absolute atomic E-state index is 0.0509. The highest BCUT2D eigenvalue weighted by Gasteiger charge is 2.39. The number of carbonyl (C=O) groups is 2. The highest BCUT2D eigenvalue weighted by Crippen LogP contribution is 2.25. The van der Waals surface area contributed by atoms with Crippen LogP contribution in [0.15, 0.2) is 24.3 Å². The summed E-state index contributed by atoms with van der Waals surface area (Å²) in [5.74, 6) is -0.0175. The fraction of sp³-hybridized carbons (Fsp3) is 0.579. The molecule has 2 aliphatic rings. The quantitative estimate of drug-likeness (QED) is 0.854. The molecule has 1 aromatic carbocycles. The van der Waals surface area contributed by atoms with Gasteiger partial charge in [0.2, 0.25) is 11.8 Å². The molecule has 136 valence electrons. The predicted molar refractivity (Wildman–Crippen MR) is 93.0 cm³/mol. The Morgan fingerprint density at radius 3 is 2.80 bits per heavy atom. The summed E-state index contributed by atoms with van der Waals surface area (Å²) >= 11 is 0. The summed E-state index contributed by atoms with van der Waals surface area (Å²) in [4.78, 5) is 27.7. The van der Waals surface area contributed by atoms with Crippen molar-refractivity contribution in [3.63, 3.8) is 0 Å². The van der Waals surface area contributed by atoms with Crippen molar-refractivity contribution in [2.75, 3.05) is 39.4 Å². The van der Waals surface area contributed by atoms with Crippen LogP contribution in [0.5, 0.6) is 0 Å². The Hall–Kier alpha value is -1.92. The van der Waals surface area contributed by atoms with Crippen molar-refractivity contribution in [1.82, 2.24) is 9.80 Å². The maximum absolute atomic E-state index is 12.6. The second kappa shape index (κ2) is 7.54. The molecular formula is C19H26N2O4. The van der Waals surface area contributed by atoms with E-state index < -0.39 is 5.60 Å². The summed E-state index contributed by atoms with van der Waals surface area (Å²) in [7, 11) is 0. The van der Waals surface area contributed by atoms with E-state index in [1.54, 1.807) is 9.80 Å². The molecule has 1 atom stereocenters. The minimum atomic E-state index is -0.783. The Bertz CT molecular complexity index is 648. The normalized spacial score (nSPS) is 24.0. The number of ether oxygens (including phenoxy) is 1. The molecule has 2 amide bonds. The van der Waals surface area contributed by atoms with Crippen LogP contribution in [0.25, 0.3) is 0 Å². The molecule has 3 rings (SSSR count). The van der Waals surface area contributed by atoms with Gasteiger partial charge >= 0.3 is 0 Å². The van der Waals surface area contributed by atoms with Gasteiger partial charge in [0.05, 0.1) is 26.3 Å². The molecule has 0 radical (unpaired) electrons. The Balaban J connectivity index is 1.68. The van der Waals surface area contributed by atoms with E-state index in [4.69, 9.17) is 4.74 Å². The molecule has 0 aromatic heterocycles. The number of carbonyl (C=O) groups excluding carboxylic acids is 2. The number of morpholine rings is 1. The molecule has 0 bridgehead atoms. The maximum Gasteiger partial charge on any atom is 0.242 e. The van der Waals surface area contributed by atoms with Crippen molar-refractivity contribution >= 4 is 11.8 Å². The van der Waals surface area contributed by atoms with Gasteiger partial charge in [-0.15, -0.1) is 0 Å². The number of nitrogens with zero attached hydrogens (tertiary/aromatic N) is 2. The molecule has 0 aliphatic carbocycles. The van der Waals surface area contributed by atoms with Gasteiger partial charge in [0, 0.05) is 25.9 Å². The number of aryl methyl sites for hydroxylation is 1. The third-order valence-corrected chi connectivity index (χ3v) is 5.16. The molecule has 2 fully saturated rings.